The van der Waals surface area contributed by atoms with Crippen LogP contribution < -0.4 is 0 Å². The molecule has 9 heteroatoms. The molecule has 0 unspecified atom stereocenters. The normalized spacial score (nSPS) is 7.78. The van der Waals surface area contributed by atoms with Crippen LogP contribution in [0.2, 0.25) is 0 Å². The van der Waals surface area contributed by atoms with Gasteiger partial charge in [0, 0.05) is 17.1 Å². The van der Waals surface area contributed by atoms with Gasteiger partial charge in [0.25, 0.3) is 0 Å². The molecule has 0 spiro atoms. The fourth-order valence-electron chi connectivity index (χ4n) is 0. The molecule has 0 saturated carbocycles. The summed E-state index contributed by atoms with van der Waals surface area (Å²) in [5, 5.41) is 0. The Kier molecular flexibility index (Phi) is 21.2. The van der Waals surface area contributed by atoms with E-state index in [0.29, 0.717) is 0 Å². The van der Waals surface area contributed by atoms with Crippen LogP contribution in [0.15, 0.2) is 0 Å². The summed E-state index contributed by atoms with van der Waals surface area (Å²) in [6.45, 7) is 0. The quantitative estimate of drug-likeness (QED) is 0.298. The molecule has 0 atom stereocenters. The van der Waals surface area contributed by atoms with E-state index in [-0.39, 0.29) is 17.1 Å². The van der Waals surface area contributed by atoms with Crippen LogP contribution in [0.1, 0.15) is 0 Å². The van der Waals surface area contributed by atoms with Gasteiger partial charge in [-0.1, -0.05) is 0 Å². The monoisotopic (exact) mass is 220 g/mol. The first-order valence-corrected chi connectivity index (χ1v) is 3.91. The zero-order valence-electron chi connectivity index (χ0n) is 3.96. The van der Waals surface area contributed by atoms with Crippen LogP contribution in [0.4, 0.5) is 0 Å². The first kappa shape index (κ1) is 16.4. The van der Waals surface area contributed by atoms with Gasteiger partial charge >= 0.3 is 16.5 Å². The molecule has 0 fully saturated rings. The van der Waals surface area contributed by atoms with Gasteiger partial charge in [0.05, 0.1) is 0 Å². The van der Waals surface area contributed by atoms with Crippen molar-refractivity contribution in [2.75, 3.05) is 0 Å². The van der Waals surface area contributed by atoms with Gasteiger partial charge in [-0.15, -0.1) is 0 Å². The molecule has 0 aromatic heterocycles. The van der Waals surface area contributed by atoms with Crippen molar-refractivity contribution in [3.63, 3.8) is 0 Å². The van der Waals surface area contributed by atoms with E-state index in [0.717, 1.165) is 0 Å². The second kappa shape index (κ2) is 11.6. The molecule has 0 aromatic carbocycles. The second-order valence-corrected chi connectivity index (χ2v) is 1.70. The summed E-state index contributed by atoms with van der Waals surface area (Å²) >= 11 is 0. The third-order valence-corrected chi connectivity index (χ3v) is 0. The molecule has 0 aliphatic carbocycles. The number of hydrogen-bond acceptors (Lipinski definition) is 2. The summed E-state index contributed by atoms with van der Waals surface area (Å²) in [7, 11) is -6.26. The predicted molar refractivity (Wildman–Crippen MR) is 26.9 cm³/mol. The molecule has 0 aromatic rings. The average Bonchev–Trinajstić information content (AvgIpc) is 1.25. The molecule has 0 bridgehead atoms. The van der Waals surface area contributed by atoms with Crippen LogP contribution in [0.5, 0.6) is 0 Å². The zero-order valence-corrected chi connectivity index (χ0v) is 7.06. The van der Waals surface area contributed by atoms with Gasteiger partial charge in [0.15, 0.2) is 0 Å². The van der Waals surface area contributed by atoms with Crippen LogP contribution in [0, 0.1) is 0 Å². The smallest absolute Gasteiger partial charge is 0.314 e. The molecule has 0 rings (SSSR count). The minimum atomic E-state index is -3.13. The van der Waals surface area contributed by atoms with Gasteiger partial charge < -0.3 is 19.6 Å². The Morgan fingerprint density at radius 2 is 0.778 bits per heavy atom. The van der Waals surface area contributed by atoms with Gasteiger partial charge in [0.1, 0.15) is 0 Å². The molecule has 9 heavy (non-hydrogen) atoms. The molecular formula is H6FeO6P2. The van der Waals surface area contributed by atoms with E-state index < -0.39 is 16.5 Å². The van der Waals surface area contributed by atoms with Crippen LogP contribution in [0.3, 0.4) is 0 Å². The Morgan fingerprint density at radius 3 is 0.778 bits per heavy atom. The Bertz CT molecular complexity index is 69.1. The summed E-state index contributed by atoms with van der Waals surface area (Å²) in [5.41, 5.74) is 0. The molecule has 0 aliphatic heterocycles. The maximum absolute atomic E-state index is 8.74. The van der Waals surface area contributed by atoms with E-state index in [1.54, 1.807) is 0 Å². The molecule has 0 saturated heterocycles. The summed E-state index contributed by atoms with van der Waals surface area (Å²) < 4.78 is 17.5. The van der Waals surface area contributed by atoms with Crippen molar-refractivity contribution < 1.29 is 45.8 Å². The van der Waals surface area contributed by atoms with Crippen LogP contribution >= 0.6 is 16.5 Å². The van der Waals surface area contributed by atoms with E-state index in [1.807, 2.05) is 0 Å². The van der Waals surface area contributed by atoms with Gasteiger partial charge in [-0.25, -0.2) is 0 Å². The predicted octanol–water partition coefficient (Wildman–Crippen LogP) is -1.28. The van der Waals surface area contributed by atoms with Crippen molar-refractivity contribution in [3.8, 4) is 0 Å². The minimum Gasteiger partial charge on any atom is -0.326 e. The van der Waals surface area contributed by atoms with E-state index in [2.05, 4.69) is 0 Å². The third kappa shape index (κ3) is 611. The Labute approximate surface area is 62.9 Å². The fourth-order valence-corrected chi connectivity index (χ4v) is 0. The van der Waals surface area contributed by atoms with Crippen molar-refractivity contribution in [2.24, 2.45) is 0 Å². The SMILES string of the molecule is O=[PH](O)O.O=[PH](O)O.[Fe]. The zero-order chi connectivity index (χ0) is 7.15. The Hall–Kier alpha value is 0.819. The molecule has 0 aliphatic rings. The molecule has 0 heterocycles. The van der Waals surface area contributed by atoms with Crippen molar-refractivity contribution in [1.82, 2.24) is 0 Å². The summed E-state index contributed by atoms with van der Waals surface area (Å²) in [4.78, 5) is 28.6. The first-order chi connectivity index (χ1) is 3.46. The molecular weight excluding hydrogens is 214 g/mol. The number of rotatable bonds is 0. The maximum atomic E-state index is 8.74. The first-order valence-electron chi connectivity index (χ1n) is 1.30. The molecule has 0 amide bonds. The average molecular weight is 220 g/mol. The van der Waals surface area contributed by atoms with E-state index >= 15 is 0 Å². The third-order valence-electron chi connectivity index (χ3n) is 0. The topological polar surface area (TPSA) is 115 Å². The van der Waals surface area contributed by atoms with Gasteiger partial charge in [-0.2, -0.15) is 0 Å². The molecule has 4 N–H and O–H groups in total. The van der Waals surface area contributed by atoms with E-state index in [1.165, 1.54) is 0 Å². The van der Waals surface area contributed by atoms with Crippen LogP contribution in [0.25, 0.3) is 0 Å². The molecule has 0 radical (unpaired) electrons. The van der Waals surface area contributed by atoms with Gasteiger partial charge in [0.2, 0.25) is 0 Å². The number of hydrogen-bond donors (Lipinski definition) is 4. The molecule has 60 valence electrons. The van der Waals surface area contributed by atoms with E-state index in [4.69, 9.17) is 28.7 Å². The second-order valence-electron chi connectivity index (χ2n) is 0.565. The van der Waals surface area contributed by atoms with Crippen molar-refractivity contribution in [2.45, 2.75) is 0 Å². The maximum Gasteiger partial charge on any atom is 0.314 e. The summed E-state index contributed by atoms with van der Waals surface area (Å²) in [5.74, 6) is 0. The fraction of sp³-hybridized carbons (Fsp3) is 0. The minimum absolute atomic E-state index is 0. The van der Waals surface area contributed by atoms with Crippen molar-refractivity contribution in [3.05, 3.63) is 0 Å². The van der Waals surface area contributed by atoms with Gasteiger partial charge in [-0.3, -0.25) is 9.13 Å². The largest absolute Gasteiger partial charge is 0.326 e. The standard InChI is InChI=1S/Fe.2H3O3P/c;2*1-4(2)3/h;2*4H,(H2,1,2,3). The van der Waals surface area contributed by atoms with Crippen LogP contribution in [-0.4, -0.2) is 19.6 Å². The van der Waals surface area contributed by atoms with E-state index in [9.17, 15) is 0 Å². The van der Waals surface area contributed by atoms with Crippen molar-refractivity contribution >= 4 is 16.5 Å². The van der Waals surface area contributed by atoms with Gasteiger partial charge in [-0.05, 0) is 0 Å². The van der Waals surface area contributed by atoms with Crippen LogP contribution in [-0.2, 0) is 26.2 Å². The summed E-state index contributed by atoms with van der Waals surface area (Å²) in [6.07, 6.45) is 0. The Morgan fingerprint density at radius 1 is 0.778 bits per heavy atom. The van der Waals surface area contributed by atoms with Crippen molar-refractivity contribution in [1.29, 1.82) is 0 Å². The summed E-state index contributed by atoms with van der Waals surface area (Å²) in [6, 6.07) is 0. The molecule has 6 nitrogen and oxygen atoms in total. The Balaban J connectivity index is -0.0000000720.